The lowest BCUT2D eigenvalue weighted by molar-refractivity contribution is 0.0787. The minimum absolute atomic E-state index is 0.271. The van der Waals surface area contributed by atoms with Crippen molar-refractivity contribution in [3.05, 3.63) is 59.3 Å². The number of benzene rings is 1. The van der Waals surface area contributed by atoms with Crippen LogP contribution in [0.3, 0.4) is 0 Å². The molecule has 2 fully saturated rings. The zero-order valence-corrected chi connectivity index (χ0v) is 19.0. The maximum absolute atomic E-state index is 14.5. The standard InChI is InChI=1S/C24H27F2N7O/c1-14-9-20(28-13-27-14)32-11-15-3-4-16(12-32)21(15)29-24-30-23-22(34-8-2-7-33(23)31-24)18-6-5-17(25)10-19(18)26/h5-6,9-10,13,15-16,21-22H,2-4,7-8,11-12H2,1H3,(H,29,31)/t15-,16+,21?,22-/m1/s1. The van der Waals surface area contributed by atoms with Crippen LogP contribution in [0, 0.1) is 30.4 Å². The molecule has 0 radical (unpaired) electrons. The van der Waals surface area contributed by atoms with Gasteiger partial charge in [-0.25, -0.2) is 23.4 Å². The summed E-state index contributed by atoms with van der Waals surface area (Å²) in [6.45, 7) is 4.93. The van der Waals surface area contributed by atoms with Gasteiger partial charge >= 0.3 is 0 Å². The Hall–Kier alpha value is -3.14. The van der Waals surface area contributed by atoms with E-state index in [9.17, 15) is 8.78 Å². The molecule has 1 saturated carbocycles. The van der Waals surface area contributed by atoms with E-state index in [0.717, 1.165) is 49.9 Å². The third-order valence-corrected chi connectivity index (χ3v) is 7.22. The van der Waals surface area contributed by atoms with E-state index in [0.29, 0.717) is 36.8 Å². The van der Waals surface area contributed by atoms with E-state index < -0.39 is 17.7 Å². The highest BCUT2D eigenvalue weighted by Crippen LogP contribution is 2.40. The van der Waals surface area contributed by atoms with Gasteiger partial charge in [0.1, 0.15) is 29.9 Å². The number of nitrogens with zero attached hydrogens (tertiary/aromatic N) is 6. The van der Waals surface area contributed by atoms with E-state index >= 15 is 0 Å². The van der Waals surface area contributed by atoms with Crippen molar-refractivity contribution in [3.8, 4) is 0 Å². The van der Waals surface area contributed by atoms with Crippen molar-refractivity contribution < 1.29 is 13.5 Å². The summed E-state index contributed by atoms with van der Waals surface area (Å²) in [5, 5.41) is 8.28. The van der Waals surface area contributed by atoms with Crippen LogP contribution in [0.25, 0.3) is 0 Å². The second-order valence-corrected chi connectivity index (χ2v) is 9.48. The smallest absolute Gasteiger partial charge is 0.242 e. The summed E-state index contributed by atoms with van der Waals surface area (Å²) in [6, 6.07) is 5.87. The first-order valence-electron chi connectivity index (χ1n) is 11.9. The molecule has 1 N–H and O–H groups in total. The van der Waals surface area contributed by atoms with E-state index in [1.807, 2.05) is 13.0 Å². The molecule has 178 valence electrons. The molecule has 8 nitrogen and oxygen atoms in total. The maximum Gasteiger partial charge on any atom is 0.242 e. The molecular weight excluding hydrogens is 440 g/mol. The number of aromatic nitrogens is 5. The van der Waals surface area contributed by atoms with E-state index in [1.165, 1.54) is 12.1 Å². The van der Waals surface area contributed by atoms with Gasteiger partial charge in [0.2, 0.25) is 5.95 Å². The predicted molar refractivity (Wildman–Crippen MR) is 121 cm³/mol. The quantitative estimate of drug-likeness (QED) is 0.629. The fourth-order valence-electron chi connectivity index (χ4n) is 5.61. The molecule has 4 heterocycles. The van der Waals surface area contributed by atoms with Crippen LogP contribution in [-0.2, 0) is 11.3 Å². The van der Waals surface area contributed by atoms with Crippen LogP contribution < -0.4 is 10.2 Å². The molecule has 34 heavy (non-hydrogen) atoms. The van der Waals surface area contributed by atoms with Crippen molar-refractivity contribution in [1.82, 2.24) is 24.7 Å². The Labute approximate surface area is 196 Å². The van der Waals surface area contributed by atoms with Gasteiger partial charge in [-0.3, -0.25) is 0 Å². The van der Waals surface area contributed by atoms with Crippen molar-refractivity contribution in [1.29, 1.82) is 0 Å². The Kier molecular flexibility index (Phi) is 5.40. The van der Waals surface area contributed by atoms with Crippen molar-refractivity contribution in [2.45, 2.75) is 44.9 Å². The van der Waals surface area contributed by atoms with Crippen molar-refractivity contribution in [2.75, 3.05) is 29.9 Å². The molecule has 2 aliphatic heterocycles. The highest BCUT2D eigenvalue weighted by molar-refractivity contribution is 5.42. The Bertz CT molecular complexity index is 1190. The molecule has 2 bridgehead atoms. The number of ether oxygens (including phenoxy) is 1. The number of anilines is 2. The Morgan fingerprint density at radius 3 is 2.68 bits per heavy atom. The Balaban J connectivity index is 1.23. The minimum Gasteiger partial charge on any atom is -0.365 e. The van der Waals surface area contributed by atoms with E-state index in [2.05, 4.69) is 20.2 Å². The monoisotopic (exact) mass is 467 g/mol. The molecule has 3 aliphatic rings. The molecule has 3 aromatic rings. The summed E-state index contributed by atoms with van der Waals surface area (Å²) in [6.07, 6.45) is 3.94. The number of nitrogens with one attached hydrogen (secondary N) is 1. The average molecular weight is 468 g/mol. The van der Waals surface area contributed by atoms with Gasteiger partial charge in [-0.15, -0.1) is 5.10 Å². The van der Waals surface area contributed by atoms with Crippen molar-refractivity contribution >= 4 is 11.8 Å². The first kappa shape index (κ1) is 21.4. The summed E-state index contributed by atoms with van der Waals surface area (Å²) in [4.78, 5) is 15.8. The average Bonchev–Trinajstić information content (AvgIpc) is 3.22. The fraction of sp³-hybridized carbons (Fsp3) is 0.500. The van der Waals surface area contributed by atoms with E-state index in [4.69, 9.17) is 14.8 Å². The summed E-state index contributed by atoms with van der Waals surface area (Å²) in [5.74, 6) is 1.74. The Morgan fingerprint density at radius 1 is 1.09 bits per heavy atom. The maximum atomic E-state index is 14.5. The lowest BCUT2D eigenvalue weighted by Crippen LogP contribution is -2.48. The number of halogens is 2. The second kappa shape index (κ2) is 8.57. The van der Waals surface area contributed by atoms with Gasteiger partial charge in [-0.05, 0) is 44.1 Å². The SMILES string of the molecule is Cc1cc(N2C[C@H]3CC[C@@H](C2)C3Nc2nc3n(n2)CCCO[C@@H]3c2ccc(F)cc2F)ncn1. The molecule has 10 heteroatoms. The first-order chi connectivity index (χ1) is 16.5. The third kappa shape index (κ3) is 3.89. The van der Waals surface area contributed by atoms with Crippen LogP contribution in [-0.4, -0.2) is 50.5 Å². The summed E-state index contributed by atoms with van der Waals surface area (Å²) in [5.41, 5.74) is 1.24. The lowest BCUT2D eigenvalue weighted by Gasteiger charge is -2.38. The first-order valence-corrected chi connectivity index (χ1v) is 11.9. The summed E-state index contributed by atoms with van der Waals surface area (Å²) in [7, 11) is 0. The van der Waals surface area contributed by atoms with Gasteiger partial charge in [0, 0.05) is 55.7 Å². The highest BCUT2D eigenvalue weighted by Gasteiger charge is 2.43. The van der Waals surface area contributed by atoms with Crippen LogP contribution in [0.4, 0.5) is 20.5 Å². The molecule has 1 aromatic carbocycles. The Morgan fingerprint density at radius 2 is 1.91 bits per heavy atom. The largest absolute Gasteiger partial charge is 0.365 e. The van der Waals surface area contributed by atoms with Crippen molar-refractivity contribution in [3.63, 3.8) is 0 Å². The minimum atomic E-state index is -0.717. The number of hydrogen-bond acceptors (Lipinski definition) is 7. The number of fused-ring (bicyclic) bond motifs is 3. The molecule has 2 aromatic heterocycles. The zero-order valence-electron chi connectivity index (χ0n) is 19.0. The van der Waals surface area contributed by atoms with Gasteiger partial charge < -0.3 is 15.0 Å². The summed E-state index contributed by atoms with van der Waals surface area (Å²) < 4.78 is 35.7. The van der Waals surface area contributed by atoms with Gasteiger partial charge in [-0.2, -0.15) is 4.98 Å². The normalized spacial score (nSPS) is 26.3. The topological polar surface area (TPSA) is 81.0 Å². The zero-order chi connectivity index (χ0) is 23.2. The molecule has 0 spiro atoms. The van der Waals surface area contributed by atoms with E-state index in [1.54, 1.807) is 11.0 Å². The van der Waals surface area contributed by atoms with Crippen LogP contribution in [0.1, 0.15) is 42.4 Å². The molecule has 1 saturated heterocycles. The molecule has 6 rings (SSSR count). The van der Waals surface area contributed by atoms with Crippen LogP contribution in [0.15, 0.2) is 30.6 Å². The van der Waals surface area contributed by atoms with Gasteiger partial charge in [-0.1, -0.05) is 6.07 Å². The van der Waals surface area contributed by atoms with Crippen LogP contribution in [0.2, 0.25) is 0 Å². The number of piperidine rings is 1. The van der Waals surface area contributed by atoms with Crippen LogP contribution in [0.5, 0.6) is 0 Å². The van der Waals surface area contributed by atoms with Gasteiger partial charge in [0.25, 0.3) is 0 Å². The number of rotatable bonds is 4. The van der Waals surface area contributed by atoms with Gasteiger partial charge in [0.05, 0.1) is 0 Å². The molecule has 1 unspecified atom stereocenters. The van der Waals surface area contributed by atoms with Gasteiger partial charge in [0.15, 0.2) is 5.82 Å². The third-order valence-electron chi connectivity index (χ3n) is 7.22. The summed E-state index contributed by atoms with van der Waals surface area (Å²) >= 11 is 0. The second-order valence-electron chi connectivity index (χ2n) is 9.48. The van der Waals surface area contributed by atoms with Crippen LogP contribution >= 0.6 is 0 Å². The molecular formula is C24H27F2N7O. The van der Waals surface area contributed by atoms with Crippen molar-refractivity contribution in [2.24, 2.45) is 11.8 Å². The molecule has 0 amide bonds. The fourth-order valence-corrected chi connectivity index (χ4v) is 5.61. The molecule has 1 aliphatic carbocycles. The van der Waals surface area contributed by atoms with E-state index in [-0.39, 0.29) is 11.6 Å². The highest BCUT2D eigenvalue weighted by atomic mass is 19.1. The number of aryl methyl sites for hydroxylation is 2. The lowest BCUT2D eigenvalue weighted by atomic mass is 9.92. The molecule has 4 atom stereocenters. The predicted octanol–water partition coefficient (Wildman–Crippen LogP) is 3.49. The number of hydrogen-bond donors (Lipinski definition) is 1.